The number of nitriles is 1. The summed E-state index contributed by atoms with van der Waals surface area (Å²) in [5.41, 5.74) is -0.589. The first-order chi connectivity index (χ1) is 10.4. The van der Waals surface area contributed by atoms with Gasteiger partial charge in [-0.2, -0.15) is 18.4 Å². The zero-order valence-corrected chi connectivity index (χ0v) is 12.1. The molecule has 0 aromatic heterocycles. The standard InChI is InChI=1S/C15H16F3N3O/c1-20-4-5-22-14-9-21(8-13(14)20)11-2-3-12(15(16,17)18)10(6-11)7-19/h2-3,6,13-14H,4-5,8-9H2,1H3. The monoisotopic (exact) mass is 311 g/mol. The fourth-order valence-electron chi connectivity index (χ4n) is 3.14. The number of nitrogens with zero attached hydrogens (tertiary/aromatic N) is 3. The molecule has 1 aromatic rings. The van der Waals surface area contributed by atoms with Gasteiger partial charge in [0.1, 0.15) is 0 Å². The molecule has 0 aliphatic carbocycles. The lowest BCUT2D eigenvalue weighted by atomic mass is 10.1. The van der Waals surface area contributed by atoms with Gasteiger partial charge in [-0.3, -0.25) is 4.90 Å². The maximum Gasteiger partial charge on any atom is 0.417 e. The van der Waals surface area contributed by atoms with Crippen LogP contribution in [-0.2, 0) is 10.9 Å². The first-order valence-corrected chi connectivity index (χ1v) is 7.08. The largest absolute Gasteiger partial charge is 0.417 e. The van der Waals surface area contributed by atoms with Crippen molar-refractivity contribution in [1.82, 2.24) is 4.90 Å². The van der Waals surface area contributed by atoms with Gasteiger partial charge in [0.2, 0.25) is 0 Å². The lowest BCUT2D eigenvalue weighted by Crippen LogP contribution is -2.48. The predicted octanol–water partition coefficient (Wildman–Crippen LogP) is 2.10. The molecule has 118 valence electrons. The van der Waals surface area contributed by atoms with Crippen LogP contribution in [0.1, 0.15) is 11.1 Å². The molecule has 0 radical (unpaired) electrons. The molecule has 2 saturated heterocycles. The topological polar surface area (TPSA) is 39.5 Å². The van der Waals surface area contributed by atoms with Crippen molar-refractivity contribution in [2.24, 2.45) is 0 Å². The van der Waals surface area contributed by atoms with E-state index in [4.69, 9.17) is 10.00 Å². The molecule has 7 heteroatoms. The van der Waals surface area contributed by atoms with E-state index in [1.165, 1.54) is 12.1 Å². The Labute approximate surface area is 126 Å². The number of hydrogen-bond acceptors (Lipinski definition) is 4. The number of fused-ring (bicyclic) bond motifs is 1. The minimum Gasteiger partial charge on any atom is -0.373 e. The van der Waals surface area contributed by atoms with Crippen molar-refractivity contribution < 1.29 is 17.9 Å². The number of rotatable bonds is 1. The van der Waals surface area contributed by atoms with Gasteiger partial charge in [0.25, 0.3) is 0 Å². The molecule has 0 amide bonds. The number of ether oxygens (including phenoxy) is 1. The number of morpholine rings is 1. The van der Waals surface area contributed by atoms with Crippen molar-refractivity contribution in [3.63, 3.8) is 0 Å². The Morgan fingerprint density at radius 2 is 2.09 bits per heavy atom. The van der Waals surface area contributed by atoms with E-state index in [1.54, 1.807) is 6.07 Å². The van der Waals surface area contributed by atoms with Gasteiger partial charge >= 0.3 is 6.18 Å². The van der Waals surface area contributed by atoms with Gasteiger partial charge in [-0.15, -0.1) is 0 Å². The Morgan fingerprint density at radius 3 is 2.73 bits per heavy atom. The second kappa shape index (κ2) is 5.45. The van der Waals surface area contributed by atoms with E-state index in [1.807, 2.05) is 11.9 Å². The van der Waals surface area contributed by atoms with Crippen LogP contribution in [0.15, 0.2) is 18.2 Å². The molecule has 2 heterocycles. The fourth-order valence-corrected chi connectivity index (χ4v) is 3.14. The molecule has 2 aliphatic heterocycles. The molecule has 22 heavy (non-hydrogen) atoms. The zero-order chi connectivity index (χ0) is 15.9. The smallest absolute Gasteiger partial charge is 0.373 e. The van der Waals surface area contributed by atoms with E-state index in [2.05, 4.69) is 4.90 Å². The molecule has 0 N–H and O–H groups in total. The van der Waals surface area contributed by atoms with E-state index in [-0.39, 0.29) is 17.7 Å². The summed E-state index contributed by atoms with van der Waals surface area (Å²) in [5, 5.41) is 9.00. The molecule has 0 spiro atoms. The Kier molecular flexibility index (Phi) is 3.75. The van der Waals surface area contributed by atoms with E-state index in [0.717, 1.165) is 12.6 Å². The summed E-state index contributed by atoms with van der Waals surface area (Å²) in [7, 11) is 2.02. The van der Waals surface area contributed by atoms with Crippen molar-refractivity contribution in [2.75, 3.05) is 38.2 Å². The second-order valence-corrected chi connectivity index (χ2v) is 5.70. The van der Waals surface area contributed by atoms with E-state index < -0.39 is 11.7 Å². The summed E-state index contributed by atoms with van der Waals surface area (Å²) in [5.74, 6) is 0. The number of alkyl halides is 3. The average Bonchev–Trinajstić information content (AvgIpc) is 2.91. The van der Waals surface area contributed by atoms with Crippen LogP contribution < -0.4 is 4.90 Å². The quantitative estimate of drug-likeness (QED) is 0.796. The first kappa shape index (κ1) is 15.1. The molecular formula is C15H16F3N3O. The van der Waals surface area contributed by atoms with Gasteiger partial charge in [-0.1, -0.05) is 0 Å². The Bertz CT molecular complexity index is 611. The third-order valence-electron chi connectivity index (χ3n) is 4.37. The summed E-state index contributed by atoms with van der Waals surface area (Å²) in [6.45, 7) is 2.84. The molecule has 0 bridgehead atoms. The molecule has 2 aliphatic rings. The summed E-state index contributed by atoms with van der Waals surface area (Å²) in [6.07, 6.45) is -4.45. The third kappa shape index (κ3) is 2.64. The molecule has 4 nitrogen and oxygen atoms in total. The highest BCUT2D eigenvalue weighted by Crippen LogP contribution is 2.35. The molecule has 3 rings (SSSR count). The van der Waals surface area contributed by atoms with Crippen LogP contribution in [0, 0.1) is 11.3 Å². The van der Waals surface area contributed by atoms with Gasteiger partial charge in [0.05, 0.1) is 35.9 Å². The van der Waals surface area contributed by atoms with Crippen LogP contribution in [0.2, 0.25) is 0 Å². The van der Waals surface area contributed by atoms with Gasteiger partial charge in [-0.25, -0.2) is 0 Å². The molecule has 0 saturated carbocycles. The highest BCUT2D eigenvalue weighted by atomic mass is 19.4. The Hall–Kier alpha value is -1.78. The van der Waals surface area contributed by atoms with Crippen LogP contribution in [0.4, 0.5) is 18.9 Å². The van der Waals surface area contributed by atoms with Gasteiger partial charge in [0.15, 0.2) is 0 Å². The van der Waals surface area contributed by atoms with Crippen LogP contribution in [0.25, 0.3) is 0 Å². The summed E-state index contributed by atoms with van der Waals surface area (Å²) >= 11 is 0. The first-order valence-electron chi connectivity index (χ1n) is 7.08. The maximum absolute atomic E-state index is 12.8. The van der Waals surface area contributed by atoms with Crippen molar-refractivity contribution >= 4 is 5.69 Å². The number of hydrogen-bond donors (Lipinski definition) is 0. The van der Waals surface area contributed by atoms with Crippen molar-refractivity contribution in [3.05, 3.63) is 29.3 Å². The fraction of sp³-hybridized carbons (Fsp3) is 0.533. The van der Waals surface area contributed by atoms with Crippen molar-refractivity contribution in [1.29, 1.82) is 5.26 Å². The molecular weight excluding hydrogens is 295 g/mol. The Morgan fingerprint density at radius 1 is 1.32 bits per heavy atom. The molecule has 2 fully saturated rings. The molecule has 2 atom stereocenters. The number of anilines is 1. The maximum atomic E-state index is 12.8. The summed E-state index contributed by atoms with van der Waals surface area (Å²) in [4.78, 5) is 4.20. The lowest BCUT2D eigenvalue weighted by molar-refractivity contribution is -0.137. The minimum absolute atomic E-state index is 0.0616. The number of benzene rings is 1. The highest BCUT2D eigenvalue weighted by Gasteiger charge is 2.39. The van der Waals surface area contributed by atoms with Crippen LogP contribution >= 0.6 is 0 Å². The predicted molar refractivity (Wildman–Crippen MR) is 74.5 cm³/mol. The van der Waals surface area contributed by atoms with Crippen molar-refractivity contribution in [3.8, 4) is 6.07 Å². The zero-order valence-electron chi connectivity index (χ0n) is 12.1. The molecule has 1 aromatic carbocycles. The van der Waals surface area contributed by atoms with Gasteiger partial charge < -0.3 is 9.64 Å². The van der Waals surface area contributed by atoms with E-state index >= 15 is 0 Å². The highest BCUT2D eigenvalue weighted by molar-refractivity contribution is 5.56. The molecule has 2 unspecified atom stereocenters. The SMILES string of the molecule is CN1CCOC2CN(c3ccc(C(F)(F)F)c(C#N)c3)CC21. The third-order valence-corrected chi connectivity index (χ3v) is 4.37. The minimum atomic E-state index is -4.51. The van der Waals surface area contributed by atoms with E-state index in [0.29, 0.717) is 25.4 Å². The number of likely N-dealkylation sites (N-methyl/N-ethyl adjacent to an activating group) is 1. The lowest BCUT2D eigenvalue weighted by Gasteiger charge is -2.33. The Balaban J connectivity index is 1.86. The van der Waals surface area contributed by atoms with Crippen LogP contribution in [0.3, 0.4) is 0 Å². The normalized spacial score (nSPS) is 25.9. The van der Waals surface area contributed by atoms with Gasteiger partial charge in [-0.05, 0) is 25.2 Å². The van der Waals surface area contributed by atoms with Crippen LogP contribution in [-0.4, -0.2) is 50.3 Å². The van der Waals surface area contributed by atoms with Crippen molar-refractivity contribution in [2.45, 2.75) is 18.3 Å². The average molecular weight is 311 g/mol. The van der Waals surface area contributed by atoms with Crippen LogP contribution in [0.5, 0.6) is 0 Å². The summed E-state index contributed by atoms with van der Waals surface area (Å²) < 4.78 is 44.3. The van der Waals surface area contributed by atoms with E-state index in [9.17, 15) is 13.2 Å². The second-order valence-electron chi connectivity index (χ2n) is 5.70. The number of halogens is 3. The summed E-state index contributed by atoms with van der Waals surface area (Å²) in [6, 6.07) is 5.62. The van der Waals surface area contributed by atoms with Gasteiger partial charge in [0, 0.05) is 25.3 Å².